The Balaban J connectivity index is 2.27. The van der Waals surface area contributed by atoms with E-state index in [2.05, 4.69) is 10.3 Å². The smallest absolute Gasteiger partial charge is 0.339 e. The first-order valence-corrected chi connectivity index (χ1v) is 5.57. The lowest BCUT2D eigenvalue weighted by Crippen LogP contribution is -2.16. The first kappa shape index (κ1) is 13.3. The van der Waals surface area contributed by atoms with Crippen LogP contribution in [0.4, 0.5) is 11.4 Å². The number of amides is 1. The summed E-state index contributed by atoms with van der Waals surface area (Å²) >= 11 is 0. The van der Waals surface area contributed by atoms with Crippen LogP contribution in [0.25, 0.3) is 0 Å². The first-order chi connectivity index (χ1) is 9.49. The fourth-order valence-electron chi connectivity index (χ4n) is 1.58. The van der Waals surface area contributed by atoms with Crippen molar-refractivity contribution in [3.63, 3.8) is 0 Å². The number of pyridine rings is 1. The molecule has 1 aromatic heterocycles. The number of nitrogen functional groups attached to an aromatic ring is 1. The minimum absolute atomic E-state index is 0.0393. The Labute approximate surface area is 113 Å². The van der Waals surface area contributed by atoms with Gasteiger partial charge in [-0.3, -0.25) is 4.79 Å². The Morgan fingerprint density at radius 3 is 2.65 bits per heavy atom. The number of nitrogens with zero attached hydrogens (tertiary/aromatic N) is 1. The van der Waals surface area contributed by atoms with E-state index in [0.717, 1.165) is 6.07 Å². The van der Waals surface area contributed by atoms with Gasteiger partial charge >= 0.3 is 5.97 Å². The van der Waals surface area contributed by atoms with Crippen molar-refractivity contribution in [2.24, 2.45) is 0 Å². The maximum atomic E-state index is 11.9. The molecule has 0 fully saturated rings. The Morgan fingerprint density at radius 2 is 2.00 bits per heavy atom. The lowest BCUT2D eigenvalue weighted by molar-refractivity contribution is 0.0693. The lowest BCUT2D eigenvalue weighted by Gasteiger charge is -2.08. The largest absolute Gasteiger partial charge is 0.507 e. The topological polar surface area (TPSA) is 126 Å². The number of nitrogens with two attached hydrogens (primary N) is 1. The van der Waals surface area contributed by atoms with Crippen molar-refractivity contribution in [1.29, 1.82) is 0 Å². The van der Waals surface area contributed by atoms with Gasteiger partial charge in [-0.05, 0) is 30.3 Å². The monoisotopic (exact) mass is 273 g/mol. The second-order valence-electron chi connectivity index (χ2n) is 3.93. The molecule has 2 rings (SSSR count). The molecule has 7 nitrogen and oxygen atoms in total. The molecule has 102 valence electrons. The van der Waals surface area contributed by atoms with Crippen molar-refractivity contribution in [2.75, 3.05) is 11.1 Å². The maximum Gasteiger partial charge on any atom is 0.339 e. The molecule has 1 amide bonds. The molecule has 0 spiro atoms. The predicted molar refractivity (Wildman–Crippen MR) is 71.7 cm³/mol. The van der Waals surface area contributed by atoms with Gasteiger partial charge in [-0.25, -0.2) is 9.78 Å². The molecule has 0 bridgehead atoms. The third kappa shape index (κ3) is 2.66. The highest BCUT2D eigenvalue weighted by atomic mass is 16.4. The number of carbonyl (C=O) groups is 2. The highest BCUT2D eigenvalue weighted by Gasteiger charge is 2.14. The molecule has 0 saturated heterocycles. The molecule has 7 heteroatoms. The van der Waals surface area contributed by atoms with Crippen molar-refractivity contribution < 1.29 is 19.8 Å². The molecule has 0 aliphatic rings. The van der Waals surface area contributed by atoms with E-state index in [4.69, 9.17) is 10.8 Å². The summed E-state index contributed by atoms with van der Waals surface area (Å²) in [7, 11) is 0. The number of carbonyl (C=O) groups excluding carboxylic acids is 1. The minimum atomic E-state index is -1.30. The molecule has 0 aliphatic heterocycles. The van der Waals surface area contributed by atoms with Gasteiger partial charge in [0.05, 0.1) is 5.69 Å². The first-order valence-electron chi connectivity index (χ1n) is 5.57. The third-order valence-corrected chi connectivity index (χ3v) is 2.54. The predicted octanol–water partition coefficient (Wildman–Crippen LogP) is 1.32. The maximum absolute atomic E-state index is 11.9. The number of aromatic hydroxyl groups is 1. The average molecular weight is 273 g/mol. The Morgan fingerprint density at radius 1 is 1.25 bits per heavy atom. The fourth-order valence-corrected chi connectivity index (χ4v) is 1.58. The van der Waals surface area contributed by atoms with Crippen molar-refractivity contribution >= 4 is 23.3 Å². The Bertz CT molecular complexity index is 685. The summed E-state index contributed by atoms with van der Waals surface area (Å²) in [4.78, 5) is 26.7. The van der Waals surface area contributed by atoms with Crippen LogP contribution in [0, 0.1) is 0 Å². The van der Waals surface area contributed by atoms with Crippen LogP contribution < -0.4 is 11.1 Å². The number of aromatic nitrogens is 1. The molecule has 0 saturated carbocycles. The van der Waals surface area contributed by atoms with E-state index in [1.54, 1.807) is 6.07 Å². The van der Waals surface area contributed by atoms with Crippen LogP contribution in [-0.2, 0) is 0 Å². The summed E-state index contributed by atoms with van der Waals surface area (Å²) in [6.45, 7) is 0. The van der Waals surface area contributed by atoms with Crippen LogP contribution in [-0.4, -0.2) is 27.1 Å². The Hall–Kier alpha value is -3.09. The highest BCUT2D eigenvalue weighted by Crippen LogP contribution is 2.22. The molecule has 2 aromatic rings. The second-order valence-corrected chi connectivity index (χ2v) is 3.93. The molecule has 0 aliphatic carbocycles. The van der Waals surface area contributed by atoms with Gasteiger partial charge in [0.1, 0.15) is 11.3 Å². The number of hydrogen-bond acceptors (Lipinski definition) is 5. The van der Waals surface area contributed by atoms with Gasteiger partial charge in [0.2, 0.25) is 0 Å². The highest BCUT2D eigenvalue weighted by molar-refractivity contribution is 6.06. The van der Waals surface area contributed by atoms with E-state index in [9.17, 15) is 14.7 Å². The molecular weight excluding hydrogens is 262 g/mol. The SMILES string of the molecule is Nc1cccnc1C(=O)Nc1ccc(O)c(C(=O)O)c1. The zero-order valence-electron chi connectivity index (χ0n) is 10.2. The van der Waals surface area contributed by atoms with E-state index < -0.39 is 11.9 Å². The van der Waals surface area contributed by atoms with Crippen LogP contribution in [0.2, 0.25) is 0 Å². The van der Waals surface area contributed by atoms with Crippen LogP contribution in [0.1, 0.15) is 20.8 Å². The van der Waals surface area contributed by atoms with E-state index in [0.29, 0.717) is 0 Å². The van der Waals surface area contributed by atoms with Crippen LogP contribution in [0.15, 0.2) is 36.5 Å². The summed E-state index contributed by atoms with van der Waals surface area (Å²) in [5.41, 5.74) is 5.78. The minimum Gasteiger partial charge on any atom is -0.507 e. The fraction of sp³-hybridized carbons (Fsp3) is 0. The van der Waals surface area contributed by atoms with Crippen LogP contribution in [0.5, 0.6) is 5.75 Å². The molecule has 0 radical (unpaired) electrons. The van der Waals surface area contributed by atoms with Gasteiger partial charge in [-0.2, -0.15) is 0 Å². The summed E-state index contributed by atoms with van der Waals surface area (Å²) in [6, 6.07) is 6.82. The van der Waals surface area contributed by atoms with Crippen LogP contribution >= 0.6 is 0 Å². The lowest BCUT2D eigenvalue weighted by atomic mass is 10.1. The van der Waals surface area contributed by atoms with Crippen LogP contribution in [0.3, 0.4) is 0 Å². The average Bonchev–Trinajstić information content (AvgIpc) is 2.41. The Kier molecular flexibility index (Phi) is 3.52. The number of carboxylic acid groups (broad SMARTS) is 1. The molecule has 1 aromatic carbocycles. The van der Waals surface area contributed by atoms with Crippen molar-refractivity contribution in [3.05, 3.63) is 47.8 Å². The molecule has 5 N–H and O–H groups in total. The molecule has 0 unspecified atom stereocenters. The molecular formula is C13H11N3O4. The molecule has 0 atom stereocenters. The summed E-state index contributed by atoms with van der Waals surface area (Å²) < 4.78 is 0. The zero-order chi connectivity index (χ0) is 14.7. The number of carboxylic acids is 1. The van der Waals surface area contributed by atoms with E-state index in [1.807, 2.05) is 0 Å². The van der Waals surface area contributed by atoms with Crippen molar-refractivity contribution in [1.82, 2.24) is 4.98 Å². The zero-order valence-corrected chi connectivity index (χ0v) is 10.2. The van der Waals surface area contributed by atoms with E-state index in [1.165, 1.54) is 24.4 Å². The van der Waals surface area contributed by atoms with Crippen molar-refractivity contribution in [3.8, 4) is 5.75 Å². The van der Waals surface area contributed by atoms with Gasteiger partial charge in [0.25, 0.3) is 5.91 Å². The second kappa shape index (κ2) is 5.27. The van der Waals surface area contributed by atoms with Gasteiger partial charge < -0.3 is 21.3 Å². The number of hydrogen-bond donors (Lipinski definition) is 4. The number of anilines is 2. The summed E-state index contributed by atoms with van der Waals surface area (Å²) in [6.07, 6.45) is 1.42. The summed E-state index contributed by atoms with van der Waals surface area (Å²) in [5.74, 6) is -2.24. The van der Waals surface area contributed by atoms with Gasteiger partial charge in [-0.15, -0.1) is 0 Å². The number of rotatable bonds is 3. The quantitative estimate of drug-likeness (QED) is 0.625. The standard InChI is InChI=1S/C13H11N3O4/c14-9-2-1-5-15-11(9)12(18)16-7-3-4-10(17)8(6-7)13(19)20/h1-6,17H,14H2,(H,16,18)(H,19,20). The number of nitrogens with one attached hydrogen (secondary N) is 1. The molecule has 1 heterocycles. The van der Waals surface area contributed by atoms with Crippen molar-refractivity contribution in [2.45, 2.75) is 0 Å². The van der Waals surface area contributed by atoms with Gasteiger partial charge in [-0.1, -0.05) is 0 Å². The molecule has 20 heavy (non-hydrogen) atoms. The van der Waals surface area contributed by atoms with Gasteiger partial charge in [0, 0.05) is 11.9 Å². The number of benzene rings is 1. The number of phenols is 1. The van der Waals surface area contributed by atoms with Gasteiger partial charge in [0.15, 0.2) is 5.69 Å². The third-order valence-electron chi connectivity index (χ3n) is 2.54. The van der Waals surface area contributed by atoms with E-state index >= 15 is 0 Å². The normalized spacial score (nSPS) is 10.0. The van der Waals surface area contributed by atoms with E-state index in [-0.39, 0.29) is 28.4 Å². The summed E-state index contributed by atoms with van der Waals surface area (Å²) in [5, 5.41) is 20.7. The number of aromatic carboxylic acids is 1.